The van der Waals surface area contributed by atoms with Gasteiger partial charge >= 0.3 is 0 Å². The molecule has 1 aliphatic rings. The second-order valence-electron chi connectivity index (χ2n) is 2.39. The number of nitrogens with zero attached hydrogens (tertiary/aromatic N) is 1. The van der Waals surface area contributed by atoms with Crippen molar-refractivity contribution in [1.82, 2.24) is 0 Å². The third-order valence-electron chi connectivity index (χ3n) is 1.58. The second-order valence-corrected chi connectivity index (χ2v) is 2.39. The van der Waals surface area contributed by atoms with E-state index in [9.17, 15) is 0 Å². The Kier molecular flexibility index (Phi) is 3.21. The van der Waals surface area contributed by atoms with E-state index in [1.807, 2.05) is 13.0 Å². The van der Waals surface area contributed by atoms with Gasteiger partial charge in [0.25, 0.3) is 6.26 Å². The number of rotatable bonds is 3. The van der Waals surface area contributed by atoms with Crippen LogP contribution in [-0.2, 0) is 9.47 Å². The van der Waals surface area contributed by atoms with Crippen LogP contribution in [0.15, 0.2) is 23.7 Å². The van der Waals surface area contributed by atoms with Gasteiger partial charge in [0.05, 0.1) is 12.4 Å². The second kappa shape index (κ2) is 4.45. The zero-order valence-electron chi connectivity index (χ0n) is 7.04. The largest absolute Gasteiger partial charge is 0.498 e. The maximum Gasteiger partial charge on any atom is 0.291 e. The highest BCUT2D eigenvalue weighted by atomic mass is 16.5. The van der Waals surface area contributed by atoms with Crippen LogP contribution in [0.25, 0.3) is 0 Å². The number of hydrogen-bond donors (Lipinski definition) is 0. The van der Waals surface area contributed by atoms with Crippen molar-refractivity contribution in [3.8, 4) is 6.26 Å². The molecule has 0 spiro atoms. The molecule has 0 heterocycles. The molecular weight excluding hydrogens is 154 g/mol. The Morgan fingerprint density at radius 2 is 2.08 bits per heavy atom. The molecule has 1 aliphatic carbocycles. The van der Waals surface area contributed by atoms with Crippen LogP contribution in [0.5, 0.6) is 0 Å². The Bertz CT molecular complexity index is 248. The van der Waals surface area contributed by atoms with Crippen molar-refractivity contribution in [2.45, 2.75) is 19.8 Å². The zero-order chi connectivity index (χ0) is 8.81. The summed E-state index contributed by atoms with van der Waals surface area (Å²) < 4.78 is 9.96. The predicted octanol–water partition coefficient (Wildman–Crippen LogP) is 2.08. The SMILES string of the molecule is CCOC1=CC=C(OC#N)CC1. The Labute approximate surface area is 71.9 Å². The van der Waals surface area contributed by atoms with E-state index >= 15 is 0 Å². The van der Waals surface area contributed by atoms with Crippen LogP contribution in [-0.4, -0.2) is 6.61 Å². The van der Waals surface area contributed by atoms with Gasteiger partial charge in [-0.1, -0.05) is 0 Å². The fourth-order valence-corrected chi connectivity index (χ4v) is 1.05. The molecule has 0 aromatic rings. The van der Waals surface area contributed by atoms with E-state index in [4.69, 9.17) is 10.00 Å². The highest BCUT2D eigenvalue weighted by Crippen LogP contribution is 2.19. The Hall–Kier alpha value is -1.43. The van der Waals surface area contributed by atoms with Crippen molar-refractivity contribution < 1.29 is 9.47 Å². The number of allylic oxidation sites excluding steroid dienone is 4. The van der Waals surface area contributed by atoms with Gasteiger partial charge in [0.1, 0.15) is 5.76 Å². The minimum atomic E-state index is 0.689. The molecule has 0 aliphatic heterocycles. The first-order valence-electron chi connectivity index (χ1n) is 3.95. The molecule has 0 saturated carbocycles. The molecule has 3 heteroatoms. The van der Waals surface area contributed by atoms with E-state index in [-0.39, 0.29) is 0 Å². The summed E-state index contributed by atoms with van der Waals surface area (Å²) in [4.78, 5) is 0. The summed E-state index contributed by atoms with van der Waals surface area (Å²) in [6.07, 6.45) is 6.84. The van der Waals surface area contributed by atoms with Crippen molar-refractivity contribution in [2.75, 3.05) is 6.61 Å². The average molecular weight is 165 g/mol. The third kappa shape index (κ3) is 2.31. The topological polar surface area (TPSA) is 42.2 Å². The van der Waals surface area contributed by atoms with Crippen molar-refractivity contribution in [1.29, 1.82) is 5.26 Å². The summed E-state index contributed by atoms with van der Waals surface area (Å²) in [7, 11) is 0. The van der Waals surface area contributed by atoms with Crippen LogP contribution in [0.1, 0.15) is 19.8 Å². The van der Waals surface area contributed by atoms with Crippen molar-refractivity contribution in [2.24, 2.45) is 0 Å². The lowest BCUT2D eigenvalue weighted by Gasteiger charge is -2.12. The minimum Gasteiger partial charge on any atom is -0.498 e. The number of ether oxygens (including phenoxy) is 2. The molecule has 0 atom stereocenters. The van der Waals surface area contributed by atoms with Gasteiger partial charge in [0.15, 0.2) is 0 Å². The standard InChI is InChI=1S/C9H11NO2/c1-2-11-8-3-5-9(6-4-8)12-7-10/h3,5H,2,4,6H2,1H3. The molecule has 64 valence electrons. The van der Waals surface area contributed by atoms with Gasteiger partial charge in [-0.3, -0.25) is 0 Å². The normalized spacial score (nSPS) is 15.7. The quantitative estimate of drug-likeness (QED) is 0.601. The van der Waals surface area contributed by atoms with E-state index in [1.54, 1.807) is 12.3 Å². The van der Waals surface area contributed by atoms with Gasteiger partial charge < -0.3 is 9.47 Å². The van der Waals surface area contributed by atoms with Gasteiger partial charge in [0.2, 0.25) is 0 Å². The van der Waals surface area contributed by atoms with Crippen molar-refractivity contribution in [3.63, 3.8) is 0 Å². The van der Waals surface area contributed by atoms with Gasteiger partial charge in [0, 0.05) is 12.8 Å². The number of hydrogen-bond acceptors (Lipinski definition) is 3. The highest BCUT2D eigenvalue weighted by Gasteiger charge is 2.07. The first-order valence-corrected chi connectivity index (χ1v) is 3.95. The molecule has 1 rings (SSSR count). The molecular formula is C9H11NO2. The predicted molar refractivity (Wildman–Crippen MR) is 43.7 cm³/mol. The molecule has 0 unspecified atom stereocenters. The fourth-order valence-electron chi connectivity index (χ4n) is 1.05. The Morgan fingerprint density at radius 1 is 1.42 bits per heavy atom. The highest BCUT2D eigenvalue weighted by molar-refractivity contribution is 5.17. The Balaban J connectivity index is 2.49. The first kappa shape index (κ1) is 8.66. The van der Waals surface area contributed by atoms with E-state index < -0.39 is 0 Å². The summed E-state index contributed by atoms with van der Waals surface area (Å²) in [5, 5.41) is 8.22. The van der Waals surface area contributed by atoms with Gasteiger partial charge in [-0.25, -0.2) is 0 Å². The van der Waals surface area contributed by atoms with Crippen molar-refractivity contribution in [3.05, 3.63) is 23.7 Å². The molecule has 12 heavy (non-hydrogen) atoms. The molecule has 0 saturated heterocycles. The Morgan fingerprint density at radius 3 is 2.58 bits per heavy atom. The van der Waals surface area contributed by atoms with Crippen LogP contribution in [0.4, 0.5) is 0 Å². The van der Waals surface area contributed by atoms with Crippen LogP contribution in [0, 0.1) is 11.5 Å². The van der Waals surface area contributed by atoms with Gasteiger partial charge in [-0.15, -0.1) is 5.26 Å². The van der Waals surface area contributed by atoms with Crippen LogP contribution >= 0.6 is 0 Å². The lowest BCUT2D eigenvalue weighted by Crippen LogP contribution is -1.98. The van der Waals surface area contributed by atoms with Crippen LogP contribution in [0.2, 0.25) is 0 Å². The minimum absolute atomic E-state index is 0.689. The summed E-state index contributed by atoms with van der Waals surface area (Å²) in [5.74, 6) is 1.67. The van der Waals surface area contributed by atoms with Crippen molar-refractivity contribution >= 4 is 0 Å². The molecule has 0 aromatic heterocycles. The molecule has 3 nitrogen and oxygen atoms in total. The first-order chi connectivity index (χ1) is 5.86. The van der Waals surface area contributed by atoms with Crippen LogP contribution in [0.3, 0.4) is 0 Å². The summed E-state index contributed by atoms with van der Waals surface area (Å²) in [6.45, 7) is 2.64. The van der Waals surface area contributed by atoms with Gasteiger partial charge in [-0.2, -0.15) is 0 Å². The molecule has 0 N–H and O–H groups in total. The summed E-state index contributed by atoms with van der Waals surface area (Å²) in [6, 6.07) is 0. The lowest BCUT2D eigenvalue weighted by molar-refractivity contribution is 0.212. The van der Waals surface area contributed by atoms with E-state index in [0.717, 1.165) is 18.6 Å². The fraction of sp³-hybridized carbons (Fsp3) is 0.444. The van der Waals surface area contributed by atoms with E-state index in [1.165, 1.54) is 0 Å². The monoisotopic (exact) mass is 165 g/mol. The molecule has 0 fully saturated rings. The molecule has 0 aromatic carbocycles. The van der Waals surface area contributed by atoms with Gasteiger partial charge in [-0.05, 0) is 19.1 Å². The maximum atomic E-state index is 8.22. The smallest absolute Gasteiger partial charge is 0.291 e. The zero-order valence-corrected chi connectivity index (χ0v) is 7.04. The van der Waals surface area contributed by atoms with Crippen LogP contribution < -0.4 is 0 Å². The van der Waals surface area contributed by atoms with E-state index in [2.05, 4.69) is 4.74 Å². The average Bonchev–Trinajstić information content (AvgIpc) is 2.09. The molecule has 0 radical (unpaired) electrons. The lowest BCUT2D eigenvalue weighted by atomic mass is 10.1. The molecule has 0 bridgehead atoms. The van der Waals surface area contributed by atoms with E-state index in [0.29, 0.717) is 12.4 Å². The third-order valence-corrected chi connectivity index (χ3v) is 1.58. The maximum absolute atomic E-state index is 8.22. The summed E-state index contributed by atoms with van der Waals surface area (Å²) in [5.41, 5.74) is 0. The molecule has 0 amide bonds. The summed E-state index contributed by atoms with van der Waals surface area (Å²) >= 11 is 0. The number of nitriles is 1.